The molecule has 0 aliphatic rings. The summed E-state index contributed by atoms with van der Waals surface area (Å²) in [6, 6.07) is 13.6. The van der Waals surface area contributed by atoms with E-state index in [0.717, 1.165) is 12.0 Å². The second-order valence-electron chi connectivity index (χ2n) is 4.51. The van der Waals surface area contributed by atoms with E-state index >= 15 is 0 Å². The van der Waals surface area contributed by atoms with Gasteiger partial charge in [-0.2, -0.15) is 0 Å². The molecule has 0 radical (unpaired) electrons. The molecule has 0 bridgehead atoms. The standard InChI is InChI=1S/C16H19N3O/c1-3-12-7-9-13(10-8-12)11-18-16(20)14-5-4-6-15(17-2)19-14/h4-10H,3,11H2,1-2H3,(H,17,19)(H,18,20). The number of benzene rings is 1. The van der Waals surface area contributed by atoms with Crippen molar-refractivity contribution < 1.29 is 4.79 Å². The number of carbonyl (C=O) groups is 1. The van der Waals surface area contributed by atoms with Crippen LogP contribution in [0.15, 0.2) is 42.5 Å². The summed E-state index contributed by atoms with van der Waals surface area (Å²) in [4.78, 5) is 16.2. The van der Waals surface area contributed by atoms with Crippen LogP contribution >= 0.6 is 0 Å². The minimum atomic E-state index is -0.165. The van der Waals surface area contributed by atoms with E-state index in [1.54, 1.807) is 13.1 Å². The minimum absolute atomic E-state index is 0.165. The molecule has 4 heteroatoms. The predicted molar refractivity (Wildman–Crippen MR) is 80.8 cm³/mol. The lowest BCUT2D eigenvalue weighted by atomic mass is 10.1. The molecule has 2 N–H and O–H groups in total. The first-order valence-electron chi connectivity index (χ1n) is 6.73. The molecule has 0 saturated heterocycles. The first kappa shape index (κ1) is 14.1. The summed E-state index contributed by atoms with van der Waals surface area (Å²) >= 11 is 0. The van der Waals surface area contributed by atoms with Crippen LogP contribution in [0.1, 0.15) is 28.5 Å². The molecule has 2 aromatic rings. The fourth-order valence-electron chi connectivity index (χ4n) is 1.87. The Morgan fingerprint density at radius 1 is 1.10 bits per heavy atom. The van der Waals surface area contributed by atoms with Gasteiger partial charge in [0.25, 0.3) is 5.91 Å². The van der Waals surface area contributed by atoms with E-state index in [9.17, 15) is 4.79 Å². The van der Waals surface area contributed by atoms with Crippen molar-refractivity contribution in [3.8, 4) is 0 Å². The highest BCUT2D eigenvalue weighted by Gasteiger charge is 2.07. The summed E-state index contributed by atoms with van der Waals surface area (Å²) < 4.78 is 0. The van der Waals surface area contributed by atoms with Gasteiger partial charge in [0.1, 0.15) is 11.5 Å². The van der Waals surface area contributed by atoms with Crippen molar-refractivity contribution in [3.05, 3.63) is 59.3 Å². The van der Waals surface area contributed by atoms with Crippen molar-refractivity contribution >= 4 is 11.7 Å². The van der Waals surface area contributed by atoms with E-state index in [-0.39, 0.29) is 5.91 Å². The van der Waals surface area contributed by atoms with E-state index in [1.165, 1.54) is 5.56 Å². The van der Waals surface area contributed by atoms with E-state index < -0.39 is 0 Å². The molecule has 4 nitrogen and oxygen atoms in total. The van der Waals surface area contributed by atoms with Crippen LogP contribution in [-0.4, -0.2) is 17.9 Å². The topological polar surface area (TPSA) is 54.0 Å². The molecular weight excluding hydrogens is 250 g/mol. The third kappa shape index (κ3) is 3.57. The number of rotatable bonds is 5. The number of nitrogens with one attached hydrogen (secondary N) is 2. The van der Waals surface area contributed by atoms with E-state index in [1.807, 2.05) is 24.3 Å². The molecule has 0 spiro atoms. The van der Waals surface area contributed by atoms with Gasteiger partial charge in [0.15, 0.2) is 0 Å². The van der Waals surface area contributed by atoms with Crippen molar-refractivity contribution in [2.75, 3.05) is 12.4 Å². The molecule has 0 aliphatic carbocycles. The zero-order valence-corrected chi connectivity index (χ0v) is 11.8. The Morgan fingerprint density at radius 3 is 2.45 bits per heavy atom. The second-order valence-corrected chi connectivity index (χ2v) is 4.51. The van der Waals surface area contributed by atoms with E-state index in [4.69, 9.17) is 0 Å². The van der Waals surface area contributed by atoms with Crippen molar-refractivity contribution in [2.45, 2.75) is 19.9 Å². The Hall–Kier alpha value is -2.36. The Kier molecular flexibility index (Phi) is 4.71. The van der Waals surface area contributed by atoms with E-state index in [0.29, 0.717) is 18.1 Å². The van der Waals surface area contributed by atoms with Gasteiger partial charge >= 0.3 is 0 Å². The van der Waals surface area contributed by atoms with Gasteiger partial charge in [0.2, 0.25) is 0 Å². The molecule has 1 heterocycles. The number of anilines is 1. The molecule has 1 amide bonds. The van der Waals surface area contributed by atoms with Gasteiger partial charge in [-0.15, -0.1) is 0 Å². The van der Waals surface area contributed by atoms with Gasteiger partial charge in [-0.3, -0.25) is 4.79 Å². The lowest BCUT2D eigenvalue weighted by Crippen LogP contribution is -2.24. The van der Waals surface area contributed by atoms with E-state index in [2.05, 4.69) is 34.7 Å². The number of hydrogen-bond acceptors (Lipinski definition) is 3. The van der Waals surface area contributed by atoms with Crippen LogP contribution < -0.4 is 10.6 Å². The molecule has 1 aromatic heterocycles. The van der Waals surface area contributed by atoms with Crippen molar-refractivity contribution in [3.63, 3.8) is 0 Å². The summed E-state index contributed by atoms with van der Waals surface area (Å²) in [5.74, 6) is 0.520. The number of carbonyl (C=O) groups excluding carboxylic acids is 1. The molecule has 0 atom stereocenters. The fraction of sp³-hybridized carbons (Fsp3) is 0.250. The summed E-state index contributed by atoms with van der Waals surface area (Å²) in [6.07, 6.45) is 1.02. The van der Waals surface area contributed by atoms with Gasteiger partial charge < -0.3 is 10.6 Å². The summed E-state index contributed by atoms with van der Waals surface area (Å²) in [6.45, 7) is 2.63. The minimum Gasteiger partial charge on any atom is -0.373 e. The molecular formula is C16H19N3O. The monoisotopic (exact) mass is 269 g/mol. The lowest BCUT2D eigenvalue weighted by Gasteiger charge is -2.07. The normalized spacial score (nSPS) is 10.1. The molecule has 0 unspecified atom stereocenters. The number of amides is 1. The SMILES string of the molecule is CCc1ccc(CNC(=O)c2cccc(NC)n2)cc1. The summed E-state index contributed by atoms with van der Waals surface area (Å²) in [7, 11) is 1.78. The van der Waals surface area contributed by atoms with Crippen molar-refractivity contribution in [1.29, 1.82) is 0 Å². The molecule has 0 fully saturated rings. The van der Waals surface area contributed by atoms with Crippen LogP contribution in [0, 0.1) is 0 Å². The largest absolute Gasteiger partial charge is 0.373 e. The van der Waals surface area contributed by atoms with Crippen LogP contribution in [0.4, 0.5) is 5.82 Å². The Bertz CT molecular complexity index is 579. The van der Waals surface area contributed by atoms with Gasteiger partial charge in [-0.05, 0) is 29.7 Å². The average molecular weight is 269 g/mol. The van der Waals surface area contributed by atoms with Crippen LogP contribution in [-0.2, 0) is 13.0 Å². The van der Waals surface area contributed by atoms with Crippen molar-refractivity contribution in [2.24, 2.45) is 0 Å². The molecule has 20 heavy (non-hydrogen) atoms. The Morgan fingerprint density at radius 2 is 1.80 bits per heavy atom. The maximum Gasteiger partial charge on any atom is 0.270 e. The molecule has 104 valence electrons. The first-order chi connectivity index (χ1) is 9.72. The van der Waals surface area contributed by atoms with Crippen LogP contribution in [0.25, 0.3) is 0 Å². The zero-order valence-electron chi connectivity index (χ0n) is 11.8. The van der Waals surface area contributed by atoms with Gasteiger partial charge in [0, 0.05) is 13.6 Å². The number of nitrogens with zero attached hydrogens (tertiary/aromatic N) is 1. The first-order valence-corrected chi connectivity index (χ1v) is 6.73. The highest BCUT2D eigenvalue weighted by atomic mass is 16.1. The van der Waals surface area contributed by atoms with Gasteiger partial charge in [-0.25, -0.2) is 4.98 Å². The Labute approximate surface area is 119 Å². The quantitative estimate of drug-likeness (QED) is 0.877. The average Bonchev–Trinajstić information content (AvgIpc) is 2.53. The summed E-state index contributed by atoms with van der Waals surface area (Å²) in [5, 5.41) is 5.79. The highest BCUT2D eigenvalue weighted by Crippen LogP contribution is 2.06. The number of hydrogen-bond donors (Lipinski definition) is 2. The number of pyridine rings is 1. The molecule has 0 aliphatic heterocycles. The molecule has 2 rings (SSSR count). The van der Waals surface area contributed by atoms with Gasteiger partial charge in [-0.1, -0.05) is 37.3 Å². The van der Waals surface area contributed by atoms with Crippen LogP contribution in [0.2, 0.25) is 0 Å². The predicted octanol–water partition coefficient (Wildman–Crippen LogP) is 2.62. The smallest absolute Gasteiger partial charge is 0.270 e. The lowest BCUT2D eigenvalue weighted by molar-refractivity contribution is 0.0946. The third-order valence-corrected chi connectivity index (χ3v) is 3.12. The maximum atomic E-state index is 12.0. The zero-order chi connectivity index (χ0) is 14.4. The molecule has 0 saturated carbocycles. The Balaban J connectivity index is 1.97. The van der Waals surface area contributed by atoms with Crippen LogP contribution in [0.5, 0.6) is 0 Å². The molecule has 1 aromatic carbocycles. The van der Waals surface area contributed by atoms with Crippen molar-refractivity contribution in [1.82, 2.24) is 10.3 Å². The third-order valence-electron chi connectivity index (χ3n) is 3.12. The fourth-order valence-corrected chi connectivity index (χ4v) is 1.87. The summed E-state index contributed by atoms with van der Waals surface area (Å²) in [5.41, 5.74) is 2.80. The van der Waals surface area contributed by atoms with Crippen LogP contribution in [0.3, 0.4) is 0 Å². The maximum absolute atomic E-state index is 12.0. The number of aromatic nitrogens is 1. The highest BCUT2D eigenvalue weighted by molar-refractivity contribution is 5.92. The number of aryl methyl sites for hydroxylation is 1. The van der Waals surface area contributed by atoms with Gasteiger partial charge in [0.05, 0.1) is 0 Å². The second kappa shape index (κ2) is 6.70.